The summed E-state index contributed by atoms with van der Waals surface area (Å²) >= 11 is 0. The maximum atomic E-state index is 13.4. The van der Waals surface area contributed by atoms with Crippen molar-refractivity contribution in [2.75, 3.05) is 25.0 Å². The molecule has 4 rings (SSSR count). The van der Waals surface area contributed by atoms with Crippen molar-refractivity contribution in [3.05, 3.63) is 29.3 Å². The third-order valence-corrected chi connectivity index (χ3v) is 6.21. The van der Waals surface area contributed by atoms with Crippen LogP contribution in [0.2, 0.25) is 0 Å². The molecule has 29 heavy (non-hydrogen) atoms. The lowest BCUT2D eigenvalue weighted by Crippen LogP contribution is -2.50. The fourth-order valence-corrected chi connectivity index (χ4v) is 4.56. The number of alkyl halides is 3. The summed E-state index contributed by atoms with van der Waals surface area (Å²) in [6.07, 6.45) is 0.224. The molecule has 1 heterocycles. The number of halogens is 3. The summed E-state index contributed by atoms with van der Waals surface area (Å²) in [7, 11) is 0. The first kappa shape index (κ1) is 19.7. The van der Waals surface area contributed by atoms with Gasteiger partial charge < -0.3 is 15.5 Å². The molecule has 3 fully saturated rings. The predicted molar refractivity (Wildman–Crippen MR) is 98.0 cm³/mol. The number of rotatable bonds is 3. The van der Waals surface area contributed by atoms with Gasteiger partial charge in [0.1, 0.15) is 0 Å². The molecule has 2 saturated carbocycles. The van der Waals surface area contributed by atoms with Gasteiger partial charge >= 0.3 is 6.18 Å². The SMILES string of the molecule is O=C1CN(C(=O)c2cc(NC(=O)C3CC34CCCC4)cc(C(F)(F)F)c2)CCN1. The van der Waals surface area contributed by atoms with E-state index in [1.807, 2.05) is 0 Å². The third-order valence-electron chi connectivity index (χ3n) is 6.21. The van der Waals surface area contributed by atoms with Crippen LogP contribution in [0.4, 0.5) is 18.9 Å². The molecule has 0 bridgehead atoms. The molecule has 2 N–H and O–H groups in total. The maximum Gasteiger partial charge on any atom is 0.416 e. The second kappa shape index (κ2) is 7.03. The summed E-state index contributed by atoms with van der Waals surface area (Å²) < 4.78 is 40.1. The van der Waals surface area contributed by atoms with E-state index in [2.05, 4.69) is 10.6 Å². The number of hydrogen-bond acceptors (Lipinski definition) is 3. The Hall–Kier alpha value is -2.58. The van der Waals surface area contributed by atoms with E-state index >= 15 is 0 Å². The molecule has 1 spiro atoms. The van der Waals surface area contributed by atoms with Crippen LogP contribution >= 0.6 is 0 Å². The molecule has 3 aliphatic rings. The van der Waals surface area contributed by atoms with E-state index in [0.29, 0.717) is 0 Å². The van der Waals surface area contributed by atoms with Crippen LogP contribution < -0.4 is 10.6 Å². The Balaban J connectivity index is 1.56. The van der Waals surface area contributed by atoms with E-state index in [1.165, 1.54) is 11.0 Å². The largest absolute Gasteiger partial charge is 0.416 e. The first-order chi connectivity index (χ1) is 13.7. The summed E-state index contributed by atoms with van der Waals surface area (Å²) in [5, 5.41) is 5.15. The van der Waals surface area contributed by atoms with Gasteiger partial charge in [0.05, 0.1) is 12.1 Å². The lowest BCUT2D eigenvalue weighted by Gasteiger charge is -2.27. The molecule has 1 aromatic carbocycles. The minimum atomic E-state index is -4.67. The highest BCUT2D eigenvalue weighted by molar-refractivity contribution is 6.00. The monoisotopic (exact) mass is 409 g/mol. The van der Waals surface area contributed by atoms with Gasteiger partial charge in [-0.1, -0.05) is 12.8 Å². The van der Waals surface area contributed by atoms with Crippen molar-refractivity contribution >= 4 is 23.4 Å². The number of hydrogen-bond donors (Lipinski definition) is 2. The first-order valence-corrected chi connectivity index (χ1v) is 9.77. The number of anilines is 1. The van der Waals surface area contributed by atoms with Gasteiger partial charge in [0.25, 0.3) is 5.91 Å². The highest BCUT2D eigenvalue weighted by Gasteiger charge is 2.58. The average molecular weight is 409 g/mol. The highest BCUT2D eigenvalue weighted by atomic mass is 19.4. The minimum Gasteiger partial charge on any atom is -0.353 e. The fourth-order valence-electron chi connectivity index (χ4n) is 4.56. The van der Waals surface area contributed by atoms with Crippen LogP contribution in [0, 0.1) is 11.3 Å². The Kier molecular flexibility index (Phi) is 4.78. The molecular formula is C20H22F3N3O3. The third kappa shape index (κ3) is 3.95. The molecule has 0 radical (unpaired) electrons. The van der Waals surface area contributed by atoms with E-state index in [0.717, 1.165) is 44.2 Å². The van der Waals surface area contributed by atoms with E-state index < -0.39 is 17.6 Å². The van der Waals surface area contributed by atoms with Crippen molar-refractivity contribution < 1.29 is 27.6 Å². The zero-order valence-corrected chi connectivity index (χ0v) is 15.8. The number of carbonyl (C=O) groups is 3. The fraction of sp³-hybridized carbons (Fsp3) is 0.550. The molecule has 9 heteroatoms. The first-order valence-electron chi connectivity index (χ1n) is 9.77. The second-order valence-electron chi connectivity index (χ2n) is 8.19. The Morgan fingerprint density at radius 2 is 1.90 bits per heavy atom. The minimum absolute atomic E-state index is 0.0194. The van der Waals surface area contributed by atoms with Crippen LogP contribution in [0.15, 0.2) is 18.2 Å². The zero-order valence-electron chi connectivity index (χ0n) is 15.8. The van der Waals surface area contributed by atoms with Gasteiger partial charge in [-0.3, -0.25) is 14.4 Å². The average Bonchev–Trinajstić information content (AvgIpc) is 3.17. The molecule has 0 aromatic heterocycles. The molecule has 2 aliphatic carbocycles. The molecule has 6 nitrogen and oxygen atoms in total. The highest BCUT2D eigenvalue weighted by Crippen LogP contribution is 2.63. The van der Waals surface area contributed by atoms with Crippen LogP contribution in [-0.2, 0) is 15.8 Å². The van der Waals surface area contributed by atoms with Crippen molar-refractivity contribution in [1.29, 1.82) is 0 Å². The van der Waals surface area contributed by atoms with Crippen molar-refractivity contribution in [3.8, 4) is 0 Å². The molecule has 3 amide bonds. The lowest BCUT2D eigenvalue weighted by atomic mass is 10.0. The van der Waals surface area contributed by atoms with Gasteiger partial charge in [-0.05, 0) is 42.9 Å². The summed E-state index contributed by atoms with van der Waals surface area (Å²) in [4.78, 5) is 38.0. The Bertz CT molecular complexity index is 862. The number of nitrogens with zero attached hydrogens (tertiary/aromatic N) is 1. The second-order valence-corrected chi connectivity index (χ2v) is 8.19. The van der Waals surface area contributed by atoms with Crippen LogP contribution in [0.1, 0.15) is 48.0 Å². The van der Waals surface area contributed by atoms with Gasteiger partial charge in [-0.15, -0.1) is 0 Å². The topological polar surface area (TPSA) is 78.5 Å². The Morgan fingerprint density at radius 3 is 2.55 bits per heavy atom. The molecule has 1 unspecified atom stereocenters. The normalized spacial score (nSPS) is 23.1. The predicted octanol–water partition coefficient (Wildman–Crippen LogP) is 2.80. The molecule has 1 saturated heterocycles. The number of carbonyl (C=O) groups excluding carboxylic acids is 3. The van der Waals surface area contributed by atoms with Gasteiger partial charge in [0.15, 0.2) is 0 Å². The van der Waals surface area contributed by atoms with Crippen LogP contribution in [0.5, 0.6) is 0 Å². The van der Waals surface area contributed by atoms with Crippen molar-refractivity contribution in [1.82, 2.24) is 10.2 Å². The molecule has 1 aliphatic heterocycles. The Morgan fingerprint density at radius 1 is 1.17 bits per heavy atom. The molecular weight excluding hydrogens is 387 g/mol. The quantitative estimate of drug-likeness (QED) is 0.806. The number of amides is 3. The van der Waals surface area contributed by atoms with E-state index in [-0.39, 0.29) is 54.0 Å². The number of benzene rings is 1. The molecule has 156 valence electrons. The Labute approximate surface area is 165 Å². The zero-order chi connectivity index (χ0) is 20.8. The smallest absolute Gasteiger partial charge is 0.353 e. The van der Waals surface area contributed by atoms with Crippen LogP contribution in [0.3, 0.4) is 0 Å². The molecule has 1 aromatic rings. The summed E-state index contributed by atoms with van der Waals surface area (Å²) in [6.45, 7) is 0.255. The molecule has 1 atom stereocenters. The van der Waals surface area contributed by atoms with Crippen LogP contribution in [-0.4, -0.2) is 42.3 Å². The van der Waals surface area contributed by atoms with E-state index in [9.17, 15) is 27.6 Å². The summed E-state index contributed by atoms with van der Waals surface area (Å²) in [5.41, 5.74) is -1.23. The van der Waals surface area contributed by atoms with E-state index in [4.69, 9.17) is 0 Å². The van der Waals surface area contributed by atoms with Gasteiger partial charge in [-0.25, -0.2) is 0 Å². The lowest BCUT2D eigenvalue weighted by molar-refractivity contribution is -0.137. The standard InChI is InChI=1S/C20H22F3N3O3/c21-20(22,23)13-7-12(18(29)26-6-5-24-16(27)11-26)8-14(9-13)25-17(28)15-10-19(15)3-1-2-4-19/h7-9,15H,1-6,10-11H2,(H,24,27)(H,25,28). The van der Waals surface area contributed by atoms with Crippen molar-refractivity contribution in [3.63, 3.8) is 0 Å². The van der Waals surface area contributed by atoms with Gasteiger partial charge in [0.2, 0.25) is 11.8 Å². The van der Waals surface area contributed by atoms with Gasteiger partial charge in [-0.2, -0.15) is 13.2 Å². The van der Waals surface area contributed by atoms with Crippen molar-refractivity contribution in [2.24, 2.45) is 11.3 Å². The maximum absolute atomic E-state index is 13.4. The van der Waals surface area contributed by atoms with Crippen LogP contribution in [0.25, 0.3) is 0 Å². The summed E-state index contributed by atoms with van der Waals surface area (Å²) in [5.74, 6) is -1.49. The number of nitrogens with one attached hydrogen (secondary N) is 2. The number of piperazine rings is 1. The van der Waals surface area contributed by atoms with Gasteiger partial charge in [0, 0.05) is 30.3 Å². The van der Waals surface area contributed by atoms with E-state index in [1.54, 1.807) is 0 Å². The van der Waals surface area contributed by atoms with Crippen molar-refractivity contribution in [2.45, 2.75) is 38.3 Å². The summed E-state index contributed by atoms with van der Waals surface area (Å²) in [6, 6.07) is 2.87.